The van der Waals surface area contributed by atoms with E-state index >= 15 is 0 Å². The summed E-state index contributed by atoms with van der Waals surface area (Å²) in [4.78, 5) is 17.1. The summed E-state index contributed by atoms with van der Waals surface area (Å²) < 4.78 is 0.516. The van der Waals surface area contributed by atoms with Crippen LogP contribution in [-0.4, -0.2) is 48.5 Å². The Hall–Kier alpha value is -1.30. The van der Waals surface area contributed by atoms with E-state index in [0.717, 1.165) is 42.5 Å². The minimum Gasteiger partial charge on any atom is -0.367 e. The Kier molecular flexibility index (Phi) is 6.21. The monoisotopic (exact) mass is 418 g/mol. The molecular weight excluding hydrogens is 396 g/mol. The lowest BCUT2D eigenvalue weighted by molar-refractivity contribution is 0.0747. The summed E-state index contributed by atoms with van der Waals surface area (Å²) in [6.07, 6.45) is 1.29. The Morgan fingerprint density at radius 2 is 1.59 bits per heavy atom. The highest BCUT2D eigenvalue weighted by molar-refractivity contribution is 8.16. The molecule has 3 nitrogen and oxygen atoms in total. The van der Waals surface area contributed by atoms with E-state index in [9.17, 15) is 4.79 Å². The van der Waals surface area contributed by atoms with Crippen LogP contribution in [0.2, 0.25) is 5.02 Å². The van der Waals surface area contributed by atoms with E-state index in [1.807, 2.05) is 64.8 Å². The van der Waals surface area contributed by atoms with Gasteiger partial charge in [-0.15, -0.1) is 23.5 Å². The molecule has 2 heterocycles. The van der Waals surface area contributed by atoms with Crippen molar-refractivity contribution >= 4 is 46.7 Å². The van der Waals surface area contributed by atoms with Gasteiger partial charge in [-0.2, -0.15) is 0 Å². The van der Waals surface area contributed by atoms with Gasteiger partial charge >= 0.3 is 0 Å². The number of hydrogen-bond acceptors (Lipinski definition) is 4. The molecule has 2 fully saturated rings. The fourth-order valence-electron chi connectivity index (χ4n) is 3.50. The Bertz CT molecular complexity index is 785. The number of amides is 1. The highest BCUT2D eigenvalue weighted by atomic mass is 35.5. The van der Waals surface area contributed by atoms with E-state index < -0.39 is 0 Å². The van der Waals surface area contributed by atoms with Gasteiger partial charge < -0.3 is 9.80 Å². The summed E-state index contributed by atoms with van der Waals surface area (Å²) in [6.45, 7) is 3.06. The van der Waals surface area contributed by atoms with E-state index in [0.29, 0.717) is 4.58 Å². The number of anilines is 1. The molecule has 0 spiro atoms. The zero-order valence-electron chi connectivity index (χ0n) is 15.1. The minimum absolute atomic E-state index is 0.129. The molecule has 2 aliphatic rings. The van der Waals surface area contributed by atoms with Crippen LogP contribution in [0.3, 0.4) is 0 Å². The number of nitrogens with zero attached hydrogens (tertiary/aromatic N) is 2. The highest BCUT2D eigenvalue weighted by Crippen LogP contribution is 2.43. The van der Waals surface area contributed by atoms with Gasteiger partial charge in [-0.05, 0) is 47.8 Å². The summed E-state index contributed by atoms with van der Waals surface area (Å²) in [5.41, 5.74) is 3.17. The summed E-state index contributed by atoms with van der Waals surface area (Å²) in [7, 11) is 0. The molecule has 2 saturated heterocycles. The number of halogens is 1. The molecule has 6 heteroatoms. The van der Waals surface area contributed by atoms with Crippen LogP contribution < -0.4 is 4.90 Å². The van der Waals surface area contributed by atoms with Crippen LogP contribution in [-0.2, 0) is 0 Å². The standard InChI is InChI=1S/C21H23ClN2OS2/c22-18-4-1-2-5-19(18)23-10-12-24(13-11-23)20(25)16-6-8-17(9-7-16)21-26-14-3-15-27-21/h1-2,4-9,21H,3,10-15H2. The molecule has 2 aliphatic heterocycles. The number of carbonyl (C=O) groups excluding carboxylic acids is 1. The second-order valence-electron chi connectivity index (χ2n) is 6.78. The second kappa shape index (κ2) is 8.80. The van der Waals surface area contributed by atoms with E-state index in [1.54, 1.807) is 0 Å². The Morgan fingerprint density at radius 1 is 0.926 bits per heavy atom. The number of benzene rings is 2. The van der Waals surface area contributed by atoms with E-state index in [-0.39, 0.29) is 5.91 Å². The maximum atomic E-state index is 12.9. The number of carbonyl (C=O) groups is 1. The molecule has 0 aliphatic carbocycles. The molecule has 0 saturated carbocycles. The fraction of sp³-hybridized carbons (Fsp3) is 0.381. The summed E-state index contributed by atoms with van der Waals surface area (Å²) in [5, 5.41) is 0.770. The van der Waals surface area contributed by atoms with Crippen LogP contribution in [0.15, 0.2) is 48.5 Å². The SMILES string of the molecule is O=C(c1ccc(C2SCCCS2)cc1)N1CCN(c2ccccc2Cl)CC1. The van der Waals surface area contributed by atoms with Crippen LogP contribution in [0.1, 0.15) is 26.9 Å². The van der Waals surface area contributed by atoms with Crippen LogP contribution in [0, 0.1) is 0 Å². The van der Waals surface area contributed by atoms with Crippen molar-refractivity contribution in [2.24, 2.45) is 0 Å². The normalized spacial score (nSPS) is 18.6. The van der Waals surface area contributed by atoms with Crippen molar-refractivity contribution in [3.63, 3.8) is 0 Å². The first-order valence-electron chi connectivity index (χ1n) is 9.34. The Balaban J connectivity index is 1.37. The summed E-state index contributed by atoms with van der Waals surface area (Å²) >= 11 is 10.3. The fourth-order valence-corrected chi connectivity index (χ4v) is 6.65. The van der Waals surface area contributed by atoms with Crippen LogP contribution in [0.25, 0.3) is 0 Å². The van der Waals surface area contributed by atoms with Crippen molar-refractivity contribution in [1.82, 2.24) is 4.90 Å². The van der Waals surface area contributed by atoms with Gasteiger partial charge in [-0.3, -0.25) is 4.79 Å². The average molecular weight is 419 g/mol. The van der Waals surface area contributed by atoms with E-state index in [1.165, 1.54) is 23.5 Å². The molecule has 0 radical (unpaired) electrons. The van der Waals surface area contributed by atoms with Crippen molar-refractivity contribution in [3.8, 4) is 0 Å². The lowest BCUT2D eigenvalue weighted by Gasteiger charge is -2.36. The molecule has 0 aromatic heterocycles. The van der Waals surface area contributed by atoms with Crippen LogP contribution in [0.4, 0.5) is 5.69 Å². The lowest BCUT2D eigenvalue weighted by atomic mass is 10.1. The molecule has 4 rings (SSSR count). The maximum absolute atomic E-state index is 12.9. The van der Waals surface area contributed by atoms with Gasteiger partial charge in [-0.1, -0.05) is 35.9 Å². The van der Waals surface area contributed by atoms with Crippen molar-refractivity contribution in [1.29, 1.82) is 0 Å². The first-order valence-corrected chi connectivity index (χ1v) is 11.8. The van der Waals surface area contributed by atoms with Crippen molar-refractivity contribution in [3.05, 3.63) is 64.7 Å². The molecule has 1 amide bonds. The third kappa shape index (κ3) is 4.41. The zero-order valence-corrected chi connectivity index (χ0v) is 17.5. The van der Waals surface area contributed by atoms with Gasteiger partial charge in [0, 0.05) is 31.7 Å². The molecule has 0 atom stereocenters. The van der Waals surface area contributed by atoms with Crippen molar-refractivity contribution in [2.75, 3.05) is 42.6 Å². The lowest BCUT2D eigenvalue weighted by Crippen LogP contribution is -2.48. The van der Waals surface area contributed by atoms with Gasteiger partial charge in [-0.25, -0.2) is 0 Å². The molecule has 0 unspecified atom stereocenters. The van der Waals surface area contributed by atoms with Gasteiger partial charge in [0.05, 0.1) is 15.3 Å². The third-order valence-corrected chi connectivity index (χ3v) is 8.35. The number of hydrogen-bond donors (Lipinski definition) is 0. The average Bonchev–Trinajstić information content (AvgIpc) is 2.74. The van der Waals surface area contributed by atoms with Gasteiger partial charge in [0.1, 0.15) is 0 Å². The highest BCUT2D eigenvalue weighted by Gasteiger charge is 2.24. The third-order valence-electron chi connectivity index (χ3n) is 5.02. The van der Waals surface area contributed by atoms with Gasteiger partial charge in [0.25, 0.3) is 5.91 Å². The maximum Gasteiger partial charge on any atom is 0.253 e. The Labute approximate surface area is 174 Å². The molecular formula is C21H23ClN2OS2. The number of rotatable bonds is 3. The molecule has 0 bridgehead atoms. The quantitative estimate of drug-likeness (QED) is 0.685. The van der Waals surface area contributed by atoms with Crippen molar-refractivity contribution < 1.29 is 4.79 Å². The number of para-hydroxylation sites is 1. The van der Waals surface area contributed by atoms with Gasteiger partial charge in [0.15, 0.2) is 0 Å². The zero-order chi connectivity index (χ0) is 18.6. The molecule has 0 N–H and O–H groups in total. The molecule has 27 heavy (non-hydrogen) atoms. The first-order chi connectivity index (χ1) is 13.2. The van der Waals surface area contributed by atoms with Crippen LogP contribution >= 0.6 is 35.1 Å². The topological polar surface area (TPSA) is 23.6 Å². The molecule has 2 aromatic carbocycles. The number of thioether (sulfide) groups is 2. The predicted molar refractivity (Wildman–Crippen MR) is 118 cm³/mol. The molecule has 142 valence electrons. The van der Waals surface area contributed by atoms with E-state index in [4.69, 9.17) is 11.6 Å². The van der Waals surface area contributed by atoms with Crippen LogP contribution in [0.5, 0.6) is 0 Å². The summed E-state index contributed by atoms with van der Waals surface area (Å²) in [5.74, 6) is 2.59. The number of piperazine rings is 1. The molecule has 2 aromatic rings. The Morgan fingerprint density at radius 3 is 2.26 bits per heavy atom. The van der Waals surface area contributed by atoms with Crippen molar-refractivity contribution in [2.45, 2.75) is 11.0 Å². The van der Waals surface area contributed by atoms with E-state index in [2.05, 4.69) is 17.0 Å². The largest absolute Gasteiger partial charge is 0.367 e. The second-order valence-corrected chi connectivity index (χ2v) is 9.91. The minimum atomic E-state index is 0.129. The smallest absolute Gasteiger partial charge is 0.253 e. The summed E-state index contributed by atoms with van der Waals surface area (Å²) in [6, 6.07) is 16.1. The predicted octanol–water partition coefficient (Wildman–Crippen LogP) is 5.17. The first kappa shape index (κ1) is 19.0. The van der Waals surface area contributed by atoms with Gasteiger partial charge in [0.2, 0.25) is 0 Å².